The molecule has 1 saturated heterocycles. The van der Waals surface area contributed by atoms with Gasteiger partial charge in [-0.1, -0.05) is 127 Å². The minimum absolute atomic E-state index is 0.00465. The third kappa shape index (κ3) is 27.0. The van der Waals surface area contributed by atoms with Gasteiger partial charge in [0.2, 0.25) is 11.8 Å². The van der Waals surface area contributed by atoms with Crippen LogP contribution in [-0.4, -0.2) is 125 Å². The molecule has 1 aromatic heterocycles. The maximum Gasteiger partial charge on any atom is 0.328 e. The number of hydrogen-bond donors (Lipinski definition) is 6. The fourth-order valence-corrected chi connectivity index (χ4v) is 8.81. The molecule has 0 radical (unpaired) electrons. The minimum Gasteiger partial charge on any atom is -0.466 e. The molecule has 0 bridgehead atoms. The van der Waals surface area contributed by atoms with Crippen molar-refractivity contribution in [1.82, 2.24) is 15.6 Å². The van der Waals surface area contributed by atoms with Gasteiger partial charge in [0, 0.05) is 37.8 Å². The fraction of sp³-hybridized carbons (Fsp3) is 0.800. The van der Waals surface area contributed by atoms with Gasteiger partial charge in [0.05, 0.1) is 26.4 Å². The molecule has 6 N–H and O–H groups in total. The molecule has 0 aromatic carbocycles. The molecule has 6 atom stereocenters. The van der Waals surface area contributed by atoms with Crippen molar-refractivity contribution in [3.63, 3.8) is 0 Å². The van der Waals surface area contributed by atoms with E-state index in [4.69, 9.17) is 18.9 Å². The zero-order valence-electron chi connectivity index (χ0n) is 37.1. The standard InChI is InChI=1S/C45H77N3O12S2/c1-2-3-4-5-6-7-9-13-16-21-31-58-44(56)35(48-38(51)26-25-37(50)46-29-32-59-45-43(55)42(54)41(53)36(34-49)60-45)24-27-40(52)57-30-20-15-12-10-8-11-14-17-22-33-61-62-39-23-18-19-28-47-39/h18-19,23,28,35-36,41-43,45,49,53-55H,2-17,20-22,24-27,29-34H2,1H3,(H,46,50)(H,48,51)/t35?,36-,41+,42+,43-,45-/m1/s1. The maximum absolute atomic E-state index is 13.1. The number of aromatic nitrogens is 1. The van der Waals surface area contributed by atoms with Gasteiger partial charge in [0.25, 0.3) is 0 Å². The van der Waals surface area contributed by atoms with Gasteiger partial charge in [-0.15, -0.1) is 0 Å². The van der Waals surface area contributed by atoms with Crippen LogP contribution in [0.2, 0.25) is 0 Å². The molecule has 2 heterocycles. The van der Waals surface area contributed by atoms with Crippen LogP contribution in [0.5, 0.6) is 0 Å². The first-order chi connectivity index (χ1) is 30.2. The lowest BCUT2D eigenvalue weighted by molar-refractivity contribution is -0.300. The Balaban J connectivity index is 1.64. The number of rotatable bonds is 38. The Kier molecular flexibility index (Phi) is 33.0. The molecule has 62 heavy (non-hydrogen) atoms. The van der Waals surface area contributed by atoms with Crippen LogP contribution in [0.1, 0.15) is 155 Å². The SMILES string of the molecule is CCCCCCCCCCCCOC(=O)C(CCC(=O)OCCCCCCCCCCCSSc1ccccn1)NC(=O)CCC(=O)NCCO[C@@H]1O[C@H](CO)[C@H](O)[C@H](O)[C@H]1O. The zero-order valence-corrected chi connectivity index (χ0v) is 38.7. The predicted octanol–water partition coefficient (Wildman–Crippen LogP) is 6.32. The van der Waals surface area contributed by atoms with Crippen molar-refractivity contribution < 1.29 is 58.6 Å². The minimum atomic E-state index is -1.58. The Morgan fingerprint density at radius 2 is 1.32 bits per heavy atom. The highest BCUT2D eigenvalue weighted by Crippen LogP contribution is 2.30. The van der Waals surface area contributed by atoms with Crippen molar-refractivity contribution in [3.05, 3.63) is 24.4 Å². The maximum atomic E-state index is 13.1. The van der Waals surface area contributed by atoms with Crippen LogP contribution >= 0.6 is 21.6 Å². The van der Waals surface area contributed by atoms with Crippen LogP contribution in [0.4, 0.5) is 0 Å². The molecule has 0 spiro atoms. The molecule has 1 aliphatic rings. The van der Waals surface area contributed by atoms with Crippen molar-refractivity contribution >= 4 is 45.3 Å². The van der Waals surface area contributed by atoms with E-state index in [0.29, 0.717) is 13.0 Å². The van der Waals surface area contributed by atoms with Gasteiger partial charge >= 0.3 is 11.9 Å². The van der Waals surface area contributed by atoms with Crippen molar-refractivity contribution in [1.29, 1.82) is 0 Å². The lowest BCUT2D eigenvalue weighted by Gasteiger charge is -2.39. The second-order valence-electron chi connectivity index (χ2n) is 15.9. The van der Waals surface area contributed by atoms with E-state index in [2.05, 4.69) is 22.5 Å². The summed E-state index contributed by atoms with van der Waals surface area (Å²) in [6.07, 6.45) is 15.7. The van der Waals surface area contributed by atoms with Gasteiger partial charge < -0.3 is 50.0 Å². The third-order valence-corrected chi connectivity index (χ3v) is 12.9. The van der Waals surface area contributed by atoms with Crippen molar-refractivity contribution in [2.75, 3.05) is 38.7 Å². The molecule has 1 aliphatic heterocycles. The summed E-state index contributed by atoms with van der Waals surface area (Å²) in [6, 6.07) is 4.89. The molecular formula is C45H77N3O12S2. The number of pyridine rings is 1. The first-order valence-electron chi connectivity index (χ1n) is 23.2. The molecule has 17 heteroatoms. The number of unbranched alkanes of at least 4 members (excludes halogenated alkanes) is 17. The number of ether oxygens (including phenoxy) is 4. The predicted molar refractivity (Wildman–Crippen MR) is 241 cm³/mol. The van der Waals surface area contributed by atoms with Crippen LogP contribution < -0.4 is 10.6 Å². The molecule has 15 nitrogen and oxygen atoms in total. The van der Waals surface area contributed by atoms with Gasteiger partial charge in [-0.05, 0) is 48.6 Å². The van der Waals surface area contributed by atoms with Crippen LogP contribution in [-0.2, 0) is 38.1 Å². The topological polar surface area (TPSA) is 223 Å². The third-order valence-electron chi connectivity index (χ3n) is 10.6. The number of aliphatic hydroxyl groups is 4. The van der Waals surface area contributed by atoms with Gasteiger partial charge in [-0.2, -0.15) is 0 Å². The van der Waals surface area contributed by atoms with Crippen molar-refractivity contribution in [2.45, 2.75) is 196 Å². The summed E-state index contributed by atoms with van der Waals surface area (Å²) in [5.74, 6) is -0.981. The zero-order chi connectivity index (χ0) is 45.0. The van der Waals surface area contributed by atoms with Crippen LogP contribution in [0.15, 0.2) is 29.4 Å². The van der Waals surface area contributed by atoms with Gasteiger partial charge in [0.1, 0.15) is 35.5 Å². The first-order valence-corrected chi connectivity index (χ1v) is 25.5. The van der Waals surface area contributed by atoms with E-state index in [-0.39, 0.29) is 45.4 Å². The highest BCUT2D eigenvalue weighted by atomic mass is 33.1. The smallest absolute Gasteiger partial charge is 0.328 e. The van der Waals surface area contributed by atoms with E-state index >= 15 is 0 Å². The summed E-state index contributed by atoms with van der Waals surface area (Å²) >= 11 is 0. The molecule has 2 rings (SSSR count). The molecule has 0 saturated carbocycles. The lowest BCUT2D eigenvalue weighted by Crippen LogP contribution is -2.59. The van der Waals surface area contributed by atoms with Gasteiger partial charge in [0.15, 0.2) is 6.29 Å². The Hall–Kier alpha value is -2.51. The average Bonchev–Trinajstić information content (AvgIpc) is 3.27. The largest absolute Gasteiger partial charge is 0.466 e. The summed E-state index contributed by atoms with van der Waals surface area (Å²) in [5, 5.41) is 45.5. The van der Waals surface area contributed by atoms with Gasteiger partial charge in [-0.25, -0.2) is 9.78 Å². The van der Waals surface area contributed by atoms with Crippen molar-refractivity contribution in [2.24, 2.45) is 0 Å². The molecule has 1 aromatic rings. The number of carbonyl (C=O) groups excluding carboxylic acids is 4. The summed E-state index contributed by atoms with van der Waals surface area (Å²) in [6.45, 7) is 1.99. The fourth-order valence-electron chi connectivity index (χ4n) is 6.78. The lowest BCUT2D eigenvalue weighted by atomic mass is 9.99. The Morgan fingerprint density at radius 3 is 1.94 bits per heavy atom. The molecule has 356 valence electrons. The number of esters is 2. The van der Waals surface area contributed by atoms with Crippen LogP contribution in [0.3, 0.4) is 0 Å². The molecular weight excluding hydrogens is 839 g/mol. The number of amides is 2. The van der Waals surface area contributed by atoms with Crippen LogP contribution in [0, 0.1) is 0 Å². The average molecular weight is 916 g/mol. The normalized spacial score (nSPS) is 19.1. The Labute approximate surface area is 377 Å². The summed E-state index contributed by atoms with van der Waals surface area (Å²) < 4.78 is 21.6. The highest BCUT2D eigenvalue weighted by molar-refractivity contribution is 8.76. The highest BCUT2D eigenvalue weighted by Gasteiger charge is 2.44. The van der Waals surface area contributed by atoms with E-state index in [9.17, 15) is 39.6 Å². The monoisotopic (exact) mass is 915 g/mol. The number of nitrogens with one attached hydrogen (secondary N) is 2. The van der Waals surface area contributed by atoms with Crippen molar-refractivity contribution in [3.8, 4) is 0 Å². The van der Waals surface area contributed by atoms with Gasteiger partial charge in [-0.3, -0.25) is 14.4 Å². The Bertz CT molecular complexity index is 1320. The summed E-state index contributed by atoms with van der Waals surface area (Å²) in [5.41, 5.74) is 0. The second kappa shape index (κ2) is 36.8. The second-order valence-corrected chi connectivity index (χ2v) is 18.3. The molecule has 1 fully saturated rings. The first kappa shape index (κ1) is 55.6. The Morgan fingerprint density at radius 1 is 0.726 bits per heavy atom. The van der Waals surface area contributed by atoms with E-state index in [1.807, 2.05) is 35.2 Å². The number of aliphatic hydroxyl groups excluding tert-OH is 4. The van der Waals surface area contributed by atoms with Crippen LogP contribution in [0.25, 0.3) is 0 Å². The number of nitrogens with zero attached hydrogens (tertiary/aromatic N) is 1. The van der Waals surface area contributed by atoms with E-state index < -0.39 is 67.1 Å². The summed E-state index contributed by atoms with van der Waals surface area (Å²) in [4.78, 5) is 55.3. The van der Waals surface area contributed by atoms with E-state index in [0.717, 1.165) is 55.7 Å². The van der Waals surface area contributed by atoms with E-state index in [1.165, 1.54) is 70.6 Å². The summed E-state index contributed by atoms with van der Waals surface area (Å²) in [7, 11) is 3.59. The molecule has 2 amide bonds. The quantitative estimate of drug-likeness (QED) is 0.0243. The number of carbonyl (C=O) groups is 4. The number of hydrogen-bond acceptors (Lipinski definition) is 15. The molecule has 0 aliphatic carbocycles. The molecule has 1 unspecified atom stereocenters. The van der Waals surface area contributed by atoms with E-state index in [1.54, 1.807) is 10.8 Å².